The van der Waals surface area contributed by atoms with Crippen molar-refractivity contribution in [2.45, 2.75) is 0 Å². The number of aromatic nitrogens is 3. The maximum Gasteiger partial charge on any atom is 0.0702 e. The van der Waals surface area contributed by atoms with Crippen LogP contribution in [0.5, 0.6) is 0 Å². The van der Waals surface area contributed by atoms with E-state index in [0.717, 1.165) is 33.6 Å². The van der Waals surface area contributed by atoms with Crippen LogP contribution in [-0.4, -0.2) is 15.0 Å². The van der Waals surface area contributed by atoms with Crippen molar-refractivity contribution in [3.8, 4) is 55.9 Å². The highest BCUT2D eigenvalue weighted by molar-refractivity contribution is 6.27. The lowest BCUT2D eigenvalue weighted by atomic mass is 9.86. The summed E-state index contributed by atoms with van der Waals surface area (Å²) in [6, 6.07) is 50.0. The van der Waals surface area contributed by atoms with Crippen molar-refractivity contribution in [2.75, 3.05) is 0 Å². The molecule has 0 aliphatic heterocycles. The Morgan fingerprint density at radius 3 is 1.43 bits per heavy atom. The fourth-order valence-corrected chi connectivity index (χ4v) is 6.86. The average molecular weight is 586 g/mol. The van der Waals surface area contributed by atoms with Gasteiger partial charge in [0.25, 0.3) is 0 Å². The van der Waals surface area contributed by atoms with Crippen LogP contribution in [0.25, 0.3) is 88.2 Å². The summed E-state index contributed by atoms with van der Waals surface area (Å²) in [6.07, 6.45) is 7.40. The van der Waals surface area contributed by atoms with Gasteiger partial charge in [0.2, 0.25) is 0 Å². The highest BCUT2D eigenvalue weighted by Crippen LogP contribution is 2.43. The summed E-state index contributed by atoms with van der Waals surface area (Å²) < 4.78 is 0. The summed E-state index contributed by atoms with van der Waals surface area (Å²) in [4.78, 5) is 13.6. The summed E-state index contributed by atoms with van der Waals surface area (Å²) >= 11 is 0. The van der Waals surface area contributed by atoms with Crippen LogP contribution in [-0.2, 0) is 0 Å². The van der Waals surface area contributed by atoms with Crippen molar-refractivity contribution in [1.82, 2.24) is 15.0 Å². The molecule has 0 aliphatic rings. The van der Waals surface area contributed by atoms with Gasteiger partial charge in [-0.3, -0.25) is 15.0 Å². The van der Waals surface area contributed by atoms with Crippen molar-refractivity contribution in [3.63, 3.8) is 0 Å². The lowest BCUT2D eigenvalue weighted by Crippen LogP contribution is -1.92. The van der Waals surface area contributed by atoms with Crippen LogP contribution in [0.1, 0.15) is 0 Å². The molecule has 0 fully saturated rings. The molecule has 3 nitrogen and oxygen atoms in total. The Morgan fingerprint density at radius 1 is 0.326 bits per heavy atom. The smallest absolute Gasteiger partial charge is 0.0702 e. The zero-order chi connectivity index (χ0) is 30.5. The van der Waals surface area contributed by atoms with Crippen LogP contribution >= 0.6 is 0 Å². The van der Waals surface area contributed by atoms with Gasteiger partial charge >= 0.3 is 0 Å². The van der Waals surface area contributed by atoms with Crippen molar-refractivity contribution in [1.29, 1.82) is 0 Å². The van der Waals surface area contributed by atoms with Gasteiger partial charge in [-0.15, -0.1) is 0 Å². The summed E-state index contributed by atoms with van der Waals surface area (Å²) in [6.45, 7) is 0. The predicted octanol–water partition coefficient (Wildman–Crippen LogP) is 11.1. The average Bonchev–Trinajstić information content (AvgIpc) is 3.14. The Labute approximate surface area is 266 Å². The molecule has 0 saturated carbocycles. The third kappa shape index (κ3) is 4.41. The van der Waals surface area contributed by atoms with E-state index < -0.39 is 0 Å². The Hall–Kier alpha value is -6.19. The van der Waals surface area contributed by atoms with E-state index in [4.69, 9.17) is 0 Å². The summed E-state index contributed by atoms with van der Waals surface area (Å²) in [7, 11) is 0. The van der Waals surface area contributed by atoms with E-state index >= 15 is 0 Å². The third-order valence-electron chi connectivity index (χ3n) is 9.02. The quantitative estimate of drug-likeness (QED) is 0.189. The fraction of sp³-hybridized carbons (Fsp3) is 0. The first-order chi connectivity index (χ1) is 22.8. The molecule has 6 aromatic carbocycles. The molecule has 0 saturated heterocycles. The molecule has 9 aromatic rings. The maximum atomic E-state index is 4.69. The molecule has 0 radical (unpaired) electrons. The largest absolute Gasteiger partial charge is 0.265 e. The monoisotopic (exact) mass is 585 g/mol. The molecule has 0 aliphatic carbocycles. The standard InChI is InChI=1S/C43H27N3/c1-3-20-45-40(8-1)34-25-33(26-35(27-34)41-9-2-4-21-46-41)37-15-11-30-12-16-38-36(14-10-29-13-17-39(37)43(30)42(29)38)32-7-5-6-31(24-32)28-18-22-44-23-19-28/h1-27H. The summed E-state index contributed by atoms with van der Waals surface area (Å²) in [5, 5.41) is 7.58. The number of nitrogens with zero attached hydrogens (tertiary/aromatic N) is 3. The van der Waals surface area contributed by atoms with E-state index in [1.54, 1.807) is 0 Å². The van der Waals surface area contributed by atoms with Gasteiger partial charge in [-0.25, -0.2) is 0 Å². The number of rotatable bonds is 5. The lowest BCUT2D eigenvalue weighted by molar-refractivity contribution is 1.31. The van der Waals surface area contributed by atoms with Gasteiger partial charge in [0.05, 0.1) is 11.4 Å². The predicted molar refractivity (Wildman–Crippen MR) is 191 cm³/mol. The second-order valence-electron chi connectivity index (χ2n) is 11.7. The fourth-order valence-electron chi connectivity index (χ4n) is 6.86. The highest BCUT2D eigenvalue weighted by Gasteiger charge is 2.17. The van der Waals surface area contributed by atoms with E-state index in [1.165, 1.54) is 54.6 Å². The van der Waals surface area contributed by atoms with Gasteiger partial charge in [-0.05, 0) is 126 Å². The maximum absolute atomic E-state index is 4.69. The first-order valence-electron chi connectivity index (χ1n) is 15.5. The number of hydrogen-bond donors (Lipinski definition) is 0. The molecule has 9 rings (SSSR count). The molecule has 3 heterocycles. The number of pyridine rings is 3. The van der Waals surface area contributed by atoms with Crippen molar-refractivity contribution >= 4 is 32.3 Å². The Kier molecular flexibility index (Phi) is 6.14. The third-order valence-corrected chi connectivity index (χ3v) is 9.02. The molecule has 3 aromatic heterocycles. The second-order valence-corrected chi connectivity index (χ2v) is 11.7. The van der Waals surface area contributed by atoms with E-state index in [-0.39, 0.29) is 0 Å². The first kappa shape index (κ1) is 26.2. The molecule has 214 valence electrons. The minimum absolute atomic E-state index is 0.942. The van der Waals surface area contributed by atoms with E-state index in [0.29, 0.717) is 0 Å². The van der Waals surface area contributed by atoms with Gasteiger partial charge in [-0.1, -0.05) is 78.9 Å². The Balaban J connectivity index is 1.27. The van der Waals surface area contributed by atoms with Gasteiger partial charge in [0.1, 0.15) is 0 Å². The molecule has 0 N–H and O–H groups in total. The normalized spacial score (nSPS) is 11.5. The number of benzene rings is 6. The lowest BCUT2D eigenvalue weighted by Gasteiger charge is -2.17. The van der Waals surface area contributed by atoms with Crippen molar-refractivity contribution < 1.29 is 0 Å². The molecular weight excluding hydrogens is 558 g/mol. The molecule has 0 atom stereocenters. The zero-order valence-electron chi connectivity index (χ0n) is 24.9. The first-order valence-corrected chi connectivity index (χ1v) is 15.5. The number of hydrogen-bond acceptors (Lipinski definition) is 3. The summed E-state index contributed by atoms with van der Waals surface area (Å²) in [5.41, 5.74) is 11.2. The van der Waals surface area contributed by atoms with Gasteiger partial charge in [0, 0.05) is 35.9 Å². The molecule has 46 heavy (non-hydrogen) atoms. The SMILES string of the molecule is c1ccc(-c2cc(-c3ccccn3)cc(-c3ccc4ccc5c(-c6cccc(-c7ccncc7)c6)ccc6ccc3c4c65)c2)nc1. The molecular formula is C43H27N3. The van der Waals surface area contributed by atoms with Crippen LogP contribution in [0, 0.1) is 0 Å². The van der Waals surface area contributed by atoms with Gasteiger partial charge in [-0.2, -0.15) is 0 Å². The van der Waals surface area contributed by atoms with Crippen LogP contribution in [0.15, 0.2) is 164 Å². The minimum atomic E-state index is 0.942. The van der Waals surface area contributed by atoms with Gasteiger partial charge in [0.15, 0.2) is 0 Å². The van der Waals surface area contributed by atoms with Crippen LogP contribution in [0.3, 0.4) is 0 Å². The van der Waals surface area contributed by atoms with Crippen LogP contribution in [0.4, 0.5) is 0 Å². The molecule has 0 amide bonds. The Morgan fingerprint density at radius 2 is 0.848 bits per heavy atom. The van der Waals surface area contributed by atoms with E-state index in [2.05, 4.69) is 130 Å². The zero-order valence-corrected chi connectivity index (χ0v) is 24.9. The Bertz CT molecular complexity index is 2450. The molecule has 0 bridgehead atoms. The van der Waals surface area contributed by atoms with Crippen molar-refractivity contribution in [3.05, 3.63) is 164 Å². The van der Waals surface area contributed by atoms with Crippen LogP contribution in [0.2, 0.25) is 0 Å². The van der Waals surface area contributed by atoms with Crippen molar-refractivity contribution in [2.24, 2.45) is 0 Å². The summed E-state index contributed by atoms with van der Waals surface area (Å²) in [5.74, 6) is 0. The molecule has 3 heteroatoms. The van der Waals surface area contributed by atoms with Crippen LogP contribution < -0.4 is 0 Å². The molecule has 0 unspecified atom stereocenters. The van der Waals surface area contributed by atoms with Gasteiger partial charge < -0.3 is 0 Å². The highest BCUT2D eigenvalue weighted by atomic mass is 14.7. The van der Waals surface area contributed by atoms with E-state index in [1.807, 2.05) is 49.1 Å². The molecule has 0 spiro atoms. The van der Waals surface area contributed by atoms with E-state index in [9.17, 15) is 0 Å². The second kappa shape index (κ2) is 10.8. The topological polar surface area (TPSA) is 38.7 Å². The minimum Gasteiger partial charge on any atom is -0.265 e.